The van der Waals surface area contributed by atoms with E-state index in [1.807, 2.05) is 32.0 Å². The highest BCUT2D eigenvalue weighted by molar-refractivity contribution is 5.91. The second-order valence-electron chi connectivity index (χ2n) is 5.28. The van der Waals surface area contributed by atoms with E-state index < -0.39 is 5.97 Å². The van der Waals surface area contributed by atoms with E-state index >= 15 is 0 Å². The lowest BCUT2D eigenvalue weighted by atomic mass is 10.1. The van der Waals surface area contributed by atoms with Gasteiger partial charge in [0.15, 0.2) is 0 Å². The van der Waals surface area contributed by atoms with E-state index in [0.717, 1.165) is 29.7 Å². The first-order valence-corrected chi connectivity index (χ1v) is 6.84. The van der Waals surface area contributed by atoms with Crippen molar-refractivity contribution in [3.63, 3.8) is 0 Å². The molecular weight excluding hydrogens is 256 g/mol. The highest BCUT2D eigenvalue weighted by atomic mass is 16.4. The molecule has 1 aromatic carbocycles. The lowest BCUT2D eigenvalue weighted by molar-refractivity contribution is -0.137. The number of hydrogen-bond donors (Lipinski definition) is 2. The molecule has 1 saturated heterocycles. The molecule has 5 heteroatoms. The summed E-state index contributed by atoms with van der Waals surface area (Å²) in [5.74, 6) is -0.859. The number of likely N-dealkylation sites (tertiary alicyclic amines) is 1. The van der Waals surface area contributed by atoms with Gasteiger partial charge in [-0.1, -0.05) is 18.2 Å². The number of aryl methyl sites for hydroxylation is 2. The Morgan fingerprint density at radius 3 is 2.60 bits per heavy atom. The summed E-state index contributed by atoms with van der Waals surface area (Å²) in [6.45, 7) is 4.51. The number of carboxylic acid groups (broad SMARTS) is 1. The summed E-state index contributed by atoms with van der Waals surface area (Å²) >= 11 is 0. The fraction of sp³-hybridized carbons (Fsp3) is 0.467. The Morgan fingerprint density at radius 1 is 1.35 bits per heavy atom. The number of carbonyl (C=O) groups excluding carboxylic acids is 1. The number of aliphatic carboxylic acids is 1. The van der Waals surface area contributed by atoms with E-state index in [1.54, 1.807) is 4.90 Å². The molecule has 2 amide bonds. The zero-order valence-corrected chi connectivity index (χ0v) is 11.8. The van der Waals surface area contributed by atoms with Crippen molar-refractivity contribution in [3.05, 3.63) is 29.3 Å². The van der Waals surface area contributed by atoms with Crippen LogP contribution >= 0.6 is 0 Å². The highest BCUT2D eigenvalue weighted by Gasteiger charge is 2.30. The predicted molar refractivity (Wildman–Crippen MR) is 76.9 cm³/mol. The Labute approximate surface area is 118 Å². The zero-order chi connectivity index (χ0) is 14.7. The number of amides is 2. The number of benzene rings is 1. The summed E-state index contributed by atoms with van der Waals surface area (Å²) in [6.07, 6.45) is 1.63. The van der Waals surface area contributed by atoms with Crippen molar-refractivity contribution in [2.75, 3.05) is 11.9 Å². The van der Waals surface area contributed by atoms with Gasteiger partial charge >= 0.3 is 12.0 Å². The molecule has 0 spiro atoms. The second-order valence-corrected chi connectivity index (χ2v) is 5.28. The van der Waals surface area contributed by atoms with E-state index in [1.165, 1.54) is 0 Å². The number of carboxylic acids is 1. The molecule has 1 atom stereocenters. The van der Waals surface area contributed by atoms with Crippen molar-refractivity contribution in [2.24, 2.45) is 0 Å². The van der Waals surface area contributed by atoms with E-state index in [-0.39, 0.29) is 18.5 Å². The molecule has 0 aliphatic carbocycles. The third-order valence-electron chi connectivity index (χ3n) is 3.76. The molecule has 5 nitrogen and oxygen atoms in total. The van der Waals surface area contributed by atoms with Crippen LogP contribution in [0.2, 0.25) is 0 Å². The van der Waals surface area contributed by atoms with Gasteiger partial charge in [0.2, 0.25) is 0 Å². The van der Waals surface area contributed by atoms with E-state index in [4.69, 9.17) is 5.11 Å². The summed E-state index contributed by atoms with van der Waals surface area (Å²) in [7, 11) is 0. The highest BCUT2D eigenvalue weighted by Crippen LogP contribution is 2.24. The van der Waals surface area contributed by atoms with Gasteiger partial charge in [0, 0.05) is 18.3 Å². The van der Waals surface area contributed by atoms with Gasteiger partial charge in [0.25, 0.3) is 0 Å². The molecule has 1 unspecified atom stereocenters. The Kier molecular flexibility index (Phi) is 4.27. The maximum atomic E-state index is 12.3. The van der Waals surface area contributed by atoms with E-state index in [2.05, 4.69) is 5.32 Å². The molecule has 1 fully saturated rings. The molecule has 1 aromatic rings. The Morgan fingerprint density at radius 2 is 2.00 bits per heavy atom. The summed E-state index contributed by atoms with van der Waals surface area (Å²) < 4.78 is 0. The third-order valence-corrected chi connectivity index (χ3v) is 3.76. The van der Waals surface area contributed by atoms with E-state index in [9.17, 15) is 9.59 Å². The van der Waals surface area contributed by atoms with Crippen LogP contribution in [-0.2, 0) is 4.79 Å². The number of anilines is 1. The minimum Gasteiger partial charge on any atom is -0.481 e. The molecule has 20 heavy (non-hydrogen) atoms. The third kappa shape index (κ3) is 3.10. The number of nitrogens with zero attached hydrogens (tertiary/aromatic N) is 1. The fourth-order valence-corrected chi connectivity index (χ4v) is 2.71. The van der Waals surface area contributed by atoms with Crippen LogP contribution in [-0.4, -0.2) is 34.6 Å². The average molecular weight is 276 g/mol. The largest absolute Gasteiger partial charge is 0.481 e. The van der Waals surface area contributed by atoms with Crippen LogP contribution in [0.4, 0.5) is 10.5 Å². The molecule has 1 aliphatic heterocycles. The lowest BCUT2D eigenvalue weighted by Crippen LogP contribution is -2.40. The maximum absolute atomic E-state index is 12.3. The monoisotopic (exact) mass is 276 g/mol. The molecule has 108 valence electrons. The SMILES string of the molecule is Cc1cccc(C)c1NC(=O)N1CCCC1CC(=O)O. The number of nitrogens with one attached hydrogen (secondary N) is 1. The van der Waals surface area contributed by atoms with Gasteiger partial charge < -0.3 is 15.3 Å². The maximum Gasteiger partial charge on any atom is 0.322 e. The van der Waals surface area contributed by atoms with Gasteiger partial charge in [-0.2, -0.15) is 0 Å². The van der Waals surface area contributed by atoms with Crippen LogP contribution < -0.4 is 5.32 Å². The van der Waals surface area contributed by atoms with Crippen molar-refractivity contribution in [1.29, 1.82) is 0 Å². The van der Waals surface area contributed by atoms with Crippen molar-refractivity contribution >= 4 is 17.7 Å². The van der Waals surface area contributed by atoms with E-state index in [0.29, 0.717) is 6.54 Å². The first-order valence-electron chi connectivity index (χ1n) is 6.84. The second kappa shape index (κ2) is 5.94. The van der Waals surface area contributed by atoms with Gasteiger partial charge in [-0.25, -0.2) is 4.79 Å². The van der Waals surface area contributed by atoms with Crippen molar-refractivity contribution in [1.82, 2.24) is 4.90 Å². The van der Waals surface area contributed by atoms with Gasteiger partial charge in [0.1, 0.15) is 0 Å². The first-order chi connectivity index (χ1) is 9.49. The number of urea groups is 1. The van der Waals surface area contributed by atoms with Crippen molar-refractivity contribution in [2.45, 2.75) is 39.2 Å². The van der Waals surface area contributed by atoms with Crippen LogP contribution in [0.1, 0.15) is 30.4 Å². The Bertz CT molecular complexity index is 508. The first kappa shape index (κ1) is 14.4. The van der Waals surface area contributed by atoms with Crippen LogP contribution in [0.5, 0.6) is 0 Å². The van der Waals surface area contributed by atoms with Gasteiger partial charge in [-0.15, -0.1) is 0 Å². The predicted octanol–water partition coefficient (Wildman–Crippen LogP) is 2.77. The lowest BCUT2D eigenvalue weighted by Gasteiger charge is -2.24. The summed E-state index contributed by atoms with van der Waals surface area (Å²) in [5, 5.41) is 11.8. The quantitative estimate of drug-likeness (QED) is 0.891. The summed E-state index contributed by atoms with van der Waals surface area (Å²) in [5.41, 5.74) is 2.83. The van der Waals surface area contributed by atoms with Gasteiger partial charge in [-0.3, -0.25) is 4.79 Å². The van der Waals surface area contributed by atoms with Crippen molar-refractivity contribution < 1.29 is 14.7 Å². The van der Waals surface area contributed by atoms with Gasteiger partial charge in [0.05, 0.1) is 6.42 Å². The van der Waals surface area contributed by atoms with Crippen LogP contribution in [0, 0.1) is 13.8 Å². The molecular formula is C15H20N2O3. The molecule has 0 aromatic heterocycles. The molecule has 1 aliphatic rings. The van der Waals surface area contributed by atoms with Crippen LogP contribution in [0.25, 0.3) is 0 Å². The molecule has 1 heterocycles. The Hall–Kier alpha value is -2.04. The summed E-state index contributed by atoms with van der Waals surface area (Å²) in [6, 6.07) is 5.44. The van der Waals surface area contributed by atoms with Crippen LogP contribution in [0.3, 0.4) is 0 Å². The molecule has 2 N–H and O–H groups in total. The number of hydrogen-bond acceptors (Lipinski definition) is 2. The topological polar surface area (TPSA) is 69.6 Å². The summed E-state index contributed by atoms with van der Waals surface area (Å²) in [4.78, 5) is 24.8. The molecule has 2 rings (SSSR count). The van der Waals surface area contributed by atoms with Gasteiger partial charge in [-0.05, 0) is 37.8 Å². The average Bonchev–Trinajstić information content (AvgIpc) is 2.81. The molecule has 0 radical (unpaired) electrons. The smallest absolute Gasteiger partial charge is 0.322 e. The standard InChI is InChI=1S/C15H20N2O3/c1-10-5-3-6-11(2)14(10)16-15(20)17-8-4-7-12(17)9-13(18)19/h3,5-6,12H,4,7-9H2,1-2H3,(H,16,20)(H,18,19). The Balaban J connectivity index is 2.09. The minimum absolute atomic E-state index is 0.0141. The zero-order valence-electron chi connectivity index (χ0n) is 11.8. The fourth-order valence-electron chi connectivity index (χ4n) is 2.71. The number of rotatable bonds is 3. The number of para-hydroxylation sites is 1. The van der Waals surface area contributed by atoms with Crippen LogP contribution in [0.15, 0.2) is 18.2 Å². The minimum atomic E-state index is -0.859. The molecule has 0 saturated carbocycles. The normalized spacial score (nSPS) is 18.1. The number of carbonyl (C=O) groups is 2. The van der Waals surface area contributed by atoms with Crippen molar-refractivity contribution in [3.8, 4) is 0 Å². The molecule has 0 bridgehead atoms.